The largest absolute Gasteiger partial charge is 0.368 e. The number of carbonyl (C=O) groups is 1. The molecule has 0 unspecified atom stereocenters. The van der Waals surface area contributed by atoms with Gasteiger partial charge in [0.05, 0.1) is 28.2 Å². The molecule has 1 amide bonds. The second-order valence-corrected chi connectivity index (χ2v) is 7.25. The van der Waals surface area contributed by atoms with E-state index in [0.717, 1.165) is 35.2 Å². The van der Waals surface area contributed by atoms with E-state index in [1.165, 1.54) is 0 Å². The summed E-state index contributed by atoms with van der Waals surface area (Å²) in [7, 11) is 0. The number of nitrogens with one attached hydrogen (secondary N) is 1. The second-order valence-electron chi connectivity index (χ2n) is 6.43. The van der Waals surface area contributed by atoms with Gasteiger partial charge in [0.15, 0.2) is 0 Å². The van der Waals surface area contributed by atoms with Crippen LogP contribution in [0.4, 0.5) is 5.69 Å². The summed E-state index contributed by atoms with van der Waals surface area (Å²) < 4.78 is 0. The fourth-order valence-electron chi connectivity index (χ4n) is 3.27. The molecule has 26 heavy (non-hydrogen) atoms. The standard InChI is InChI=1S/C19H18Cl2N4O/c20-16-4-1-13(9-17(16)21)10-19(26)25-7-5-24(6-8-25)15-3-2-14-12-22-23-18(14)11-15/h1-4,9,11-12H,5-8,10H2,(H,22,23). The number of halogens is 2. The van der Waals surface area contributed by atoms with E-state index in [9.17, 15) is 4.79 Å². The monoisotopic (exact) mass is 388 g/mol. The normalized spacial score (nSPS) is 14.8. The van der Waals surface area contributed by atoms with Crippen molar-refractivity contribution in [1.82, 2.24) is 15.1 Å². The quantitative estimate of drug-likeness (QED) is 0.742. The first-order valence-corrected chi connectivity index (χ1v) is 9.25. The van der Waals surface area contributed by atoms with E-state index in [4.69, 9.17) is 23.2 Å². The van der Waals surface area contributed by atoms with Crippen molar-refractivity contribution in [2.75, 3.05) is 31.1 Å². The predicted molar refractivity (Wildman–Crippen MR) is 105 cm³/mol. The topological polar surface area (TPSA) is 52.2 Å². The van der Waals surface area contributed by atoms with Gasteiger partial charge >= 0.3 is 0 Å². The van der Waals surface area contributed by atoms with Gasteiger partial charge in [0.2, 0.25) is 5.91 Å². The summed E-state index contributed by atoms with van der Waals surface area (Å²) in [5.41, 5.74) is 3.07. The van der Waals surface area contributed by atoms with E-state index in [0.29, 0.717) is 29.6 Å². The molecule has 7 heteroatoms. The summed E-state index contributed by atoms with van der Waals surface area (Å²) in [6.07, 6.45) is 2.16. The molecule has 5 nitrogen and oxygen atoms in total. The molecule has 134 valence electrons. The first-order valence-electron chi connectivity index (χ1n) is 8.50. The van der Waals surface area contributed by atoms with Crippen LogP contribution < -0.4 is 4.90 Å². The van der Waals surface area contributed by atoms with Gasteiger partial charge in [-0.05, 0) is 35.9 Å². The van der Waals surface area contributed by atoms with Gasteiger partial charge in [-0.15, -0.1) is 0 Å². The maximum atomic E-state index is 12.6. The Morgan fingerprint density at radius 3 is 2.62 bits per heavy atom. The molecule has 1 fully saturated rings. The molecular weight excluding hydrogens is 371 g/mol. The average molecular weight is 389 g/mol. The number of amides is 1. The molecule has 1 aliphatic heterocycles. The molecule has 2 heterocycles. The zero-order valence-electron chi connectivity index (χ0n) is 14.1. The highest BCUT2D eigenvalue weighted by Gasteiger charge is 2.21. The van der Waals surface area contributed by atoms with Gasteiger partial charge in [0.25, 0.3) is 0 Å². The minimum absolute atomic E-state index is 0.118. The molecule has 1 saturated heterocycles. The van der Waals surface area contributed by atoms with Crippen LogP contribution >= 0.6 is 23.2 Å². The first kappa shape index (κ1) is 17.2. The van der Waals surface area contributed by atoms with E-state index in [1.807, 2.05) is 17.2 Å². The Balaban J connectivity index is 1.37. The van der Waals surface area contributed by atoms with Crippen molar-refractivity contribution in [2.45, 2.75) is 6.42 Å². The molecule has 0 atom stereocenters. The van der Waals surface area contributed by atoms with Crippen molar-refractivity contribution in [3.63, 3.8) is 0 Å². The third-order valence-corrected chi connectivity index (χ3v) is 5.50. The lowest BCUT2D eigenvalue weighted by molar-refractivity contribution is -0.130. The van der Waals surface area contributed by atoms with Crippen molar-refractivity contribution in [3.05, 3.63) is 58.2 Å². The number of nitrogens with zero attached hydrogens (tertiary/aromatic N) is 3. The van der Waals surface area contributed by atoms with E-state index in [-0.39, 0.29) is 5.91 Å². The number of aromatic nitrogens is 2. The van der Waals surface area contributed by atoms with Crippen LogP contribution in [0, 0.1) is 0 Å². The Morgan fingerprint density at radius 2 is 1.85 bits per heavy atom. The van der Waals surface area contributed by atoms with Crippen molar-refractivity contribution < 1.29 is 4.79 Å². The van der Waals surface area contributed by atoms with Gasteiger partial charge < -0.3 is 9.80 Å². The Morgan fingerprint density at radius 1 is 1.04 bits per heavy atom. The molecular formula is C19H18Cl2N4O. The summed E-state index contributed by atoms with van der Waals surface area (Å²) >= 11 is 12.0. The molecule has 0 aliphatic carbocycles. The maximum absolute atomic E-state index is 12.6. The van der Waals surface area contributed by atoms with Crippen molar-refractivity contribution in [2.24, 2.45) is 0 Å². The number of benzene rings is 2. The van der Waals surface area contributed by atoms with Gasteiger partial charge in [0, 0.05) is 37.3 Å². The van der Waals surface area contributed by atoms with Crippen LogP contribution in [0.2, 0.25) is 10.0 Å². The highest BCUT2D eigenvalue weighted by atomic mass is 35.5. The van der Waals surface area contributed by atoms with E-state index >= 15 is 0 Å². The number of rotatable bonds is 3. The van der Waals surface area contributed by atoms with Crippen LogP contribution in [0.1, 0.15) is 5.56 Å². The van der Waals surface area contributed by atoms with Crippen LogP contribution in [0.15, 0.2) is 42.6 Å². The molecule has 2 aromatic carbocycles. The van der Waals surface area contributed by atoms with Crippen LogP contribution in [0.5, 0.6) is 0 Å². The van der Waals surface area contributed by atoms with Crippen molar-refractivity contribution in [3.8, 4) is 0 Å². The third kappa shape index (κ3) is 3.50. The minimum atomic E-state index is 0.118. The van der Waals surface area contributed by atoms with Crippen LogP contribution in [-0.2, 0) is 11.2 Å². The highest BCUT2D eigenvalue weighted by Crippen LogP contribution is 2.24. The van der Waals surface area contributed by atoms with Gasteiger partial charge in [-0.2, -0.15) is 5.10 Å². The summed E-state index contributed by atoms with van der Waals surface area (Å²) in [5.74, 6) is 0.118. The second kappa shape index (κ2) is 7.17. The van der Waals surface area contributed by atoms with Crippen molar-refractivity contribution in [1.29, 1.82) is 0 Å². The molecule has 1 aliphatic rings. The summed E-state index contributed by atoms with van der Waals surface area (Å²) in [6, 6.07) is 11.6. The number of fused-ring (bicyclic) bond motifs is 1. The van der Waals surface area contributed by atoms with Gasteiger partial charge in [-0.1, -0.05) is 29.3 Å². The van der Waals surface area contributed by atoms with E-state index < -0.39 is 0 Å². The van der Waals surface area contributed by atoms with Gasteiger partial charge in [-0.25, -0.2) is 0 Å². The van der Waals surface area contributed by atoms with E-state index in [2.05, 4.69) is 33.3 Å². The Hall–Kier alpha value is -2.24. The Bertz CT molecular complexity index is 948. The van der Waals surface area contributed by atoms with Gasteiger partial charge in [0.1, 0.15) is 0 Å². The zero-order chi connectivity index (χ0) is 18.1. The van der Waals surface area contributed by atoms with Crippen LogP contribution in [0.25, 0.3) is 10.9 Å². The number of piperazine rings is 1. The molecule has 1 aromatic heterocycles. The number of anilines is 1. The third-order valence-electron chi connectivity index (χ3n) is 4.76. The lowest BCUT2D eigenvalue weighted by Gasteiger charge is -2.36. The summed E-state index contributed by atoms with van der Waals surface area (Å²) in [4.78, 5) is 16.8. The molecule has 0 bridgehead atoms. The fraction of sp³-hybridized carbons (Fsp3) is 0.263. The zero-order valence-corrected chi connectivity index (χ0v) is 15.6. The number of aromatic amines is 1. The molecule has 0 radical (unpaired) electrons. The Kier molecular flexibility index (Phi) is 4.74. The highest BCUT2D eigenvalue weighted by molar-refractivity contribution is 6.42. The Labute approximate surface area is 161 Å². The van der Waals surface area contributed by atoms with Crippen LogP contribution in [0.3, 0.4) is 0 Å². The predicted octanol–water partition coefficient (Wildman–Crippen LogP) is 3.76. The minimum Gasteiger partial charge on any atom is -0.368 e. The maximum Gasteiger partial charge on any atom is 0.227 e. The number of H-pyrrole nitrogens is 1. The lowest BCUT2D eigenvalue weighted by atomic mass is 10.1. The molecule has 3 aromatic rings. The van der Waals surface area contributed by atoms with Gasteiger partial charge in [-0.3, -0.25) is 9.89 Å². The average Bonchev–Trinajstić information content (AvgIpc) is 3.12. The van der Waals surface area contributed by atoms with E-state index in [1.54, 1.807) is 12.1 Å². The first-order chi connectivity index (χ1) is 12.6. The summed E-state index contributed by atoms with van der Waals surface area (Å²) in [6.45, 7) is 3.04. The molecule has 1 N–H and O–H groups in total. The fourth-order valence-corrected chi connectivity index (χ4v) is 3.59. The van der Waals surface area contributed by atoms with Crippen LogP contribution in [-0.4, -0.2) is 47.2 Å². The molecule has 4 rings (SSSR count). The lowest BCUT2D eigenvalue weighted by Crippen LogP contribution is -2.49. The number of hydrogen-bond acceptors (Lipinski definition) is 3. The molecule has 0 saturated carbocycles. The molecule has 0 spiro atoms. The number of hydrogen-bond donors (Lipinski definition) is 1. The SMILES string of the molecule is O=C(Cc1ccc(Cl)c(Cl)c1)N1CCN(c2ccc3cn[nH]c3c2)CC1. The van der Waals surface area contributed by atoms with Crippen molar-refractivity contribution >= 4 is 45.7 Å². The summed E-state index contributed by atoms with van der Waals surface area (Å²) in [5, 5.41) is 9.15. The number of carbonyl (C=O) groups excluding carboxylic acids is 1. The smallest absolute Gasteiger partial charge is 0.227 e.